The van der Waals surface area contributed by atoms with Crippen LogP contribution in [-0.2, 0) is 0 Å². The maximum absolute atomic E-state index is 12.8. The second-order valence-electron chi connectivity index (χ2n) is 4.04. The van der Waals surface area contributed by atoms with Crippen molar-refractivity contribution in [1.82, 2.24) is 0 Å². The van der Waals surface area contributed by atoms with Crippen molar-refractivity contribution in [1.29, 1.82) is 0 Å². The first-order chi connectivity index (χ1) is 10.0. The molecular formula is C14H10BrFN2O3. The van der Waals surface area contributed by atoms with Crippen molar-refractivity contribution < 1.29 is 14.1 Å². The molecule has 108 valence electrons. The fourth-order valence-electron chi connectivity index (χ4n) is 1.72. The molecule has 0 heterocycles. The lowest BCUT2D eigenvalue weighted by atomic mass is 10.2. The Bertz CT molecular complexity index is 702. The van der Waals surface area contributed by atoms with E-state index in [9.17, 15) is 14.5 Å². The van der Waals surface area contributed by atoms with E-state index in [-0.39, 0.29) is 22.8 Å². The number of nitro groups is 1. The molecule has 0 unspecified atom stereocenters. The van der Waals surface area contributed by atoms with Crippen molar-refractivity contribution in [3.8, 4) is 5.75 Å². The van der Waals surface area contributed by atoms with Crippen LogP contribution < -0.4 is 4.74 Å². The van der Waals surface area contributed by atoms with Crippen LogP contribution in [0.2, 0.25) is 0 Å². The highest BCUT2D eigenvalue weighted by Gasteiger charge is 2.20. The number of hydrogen-bond donors (Lipinski definition) is 0. The average Bonchev–Trinajstić information content (AvgIpc) is 2.45. The SMILES string of the molecule is COc1cc(Br)cc(C=Nc2ccc(F)cc2)c1[N+](=O)[O-]. The van der Waals surface area contributed by atoms with Crippen LogP contribution in [0, 0.1) is 15.9 Å². The lowest BCUT2D eigenvalue weighted by molar-refractivity contribution is -0.385. The van der Waals surface area contributed by atoms with Crippen LogP contribution in [0.1, 0.15) is 5.56 Å². The molecule has 0 atom stereocenters. The average molecular weight is 353 g/mol. The standard InChI is InChI=1S/C14H10BrFN2O3/c1-21-13-7-10(15)6-9(14(13)18(19)20)8-17-12-4-2-11(16)3-5-12/h2-8H,1H3. The number of nitro benzene ring substituents is 1. The zero-order valence-electron chi connectivity index (χ0n) is 10.9. The predicted molar refractivity (Wildman–Crippen MR) is 81.0 cm³/mol. The van der Waals surface area contributed by atoms with Gasteiger partial charge in [-0.15, -0.1) is 0 Å². The fraction of sp³-hybridized carbons (Fsp3) is 0.0714. The van der Waals surface area contributed by atoms with E-state index in [1.807, 2.05) is 0 Å². The van der Waals surface area contributed by atoms with Gasteiger partial charge in [0.2, 0.25) is 0 Å². The van der Waals surface area contributed by atoms with Gasteiger partial charge in [-0.3, -0.25) is 15.1 Å². The number of hydrogen-bond acceptors (Lipinski definition) is 4. The lowest BCUT2D eigenvalue weighted by Crippen LogP contribution is -1.98. The Kier molecular flexibility index (Phi) is 4.64. The molecule has 0 aliphatic rings. The van der Waals surface area contributed by atoms with Crippen LogP contribution >= 0.6 is 15.9 Å². The third-order valence-electron chi connectivity index (χ3n) is 2.65. The molecule has 0 aromatic heterocycles. The Morgan fingerprint density at radius 2 is 2.00 bits per heavy atom. The molecule has 2 aromatic carbocycles. The number of rotatable bonds is 4. The van der Waals surface area contributed by atoms with E-state index in [0.717, 1.165) is 0 Å². The zero-order chi connectivity index (χ0) is 15.4. The number of methoxy groups -OCH3 is 1. The maximum Gasteiger partial charge on any atom is 0.319 e. The van der Waals surface area contributed by atoms with Crippen LogP contribution in [0.5, 0.6) is 5.75 Å². The van der Waals surface area contributed by atoms with Gasteiger partial charge in [-0.05, 0) is 30.3 Å². The molecule has 0 fully saturated rings. The van der Waals surface area contributed by atoms with E-state index in [1.165, 1.54) is 43.7 Å². The number of benzene rings is 2. The summed E-state index contributed by atoms with van der Waals surface area (Å²) >= 11 is 3.26. The van der Waals surface area contributed by atoms with Gasteiger partial charge in [0.1, 0.15) is 5.82 Å². The number of halogens is 2. The molecule has 0 spiro atoms. The molecule has 0 aliphatic heterocycles. The van der Waals surface area contributed by atoms with Crippen LogP contribution in [0.15, 0.2) is 45.9 Å². The molecule has 0 saturated carbocycles. The summed E-state index contributed by atoms with van der Waals surface area (Å²) in [6.07, 6.45) is 1.35. The summed E-state index contributed by atoms with van der Waals surface area (Å²) in [5.74, 6) is -0.237. The van der Waals surface area contributed by atoms with Crippen LogP contribution in [-0.4, -0.2) is 18.2 Å². The second kappa shape index (κ2) is 6.45. The summed E-state index contributed by atoms with van der Waals surface area (Å²) in [4.78, 5) is 14.7. The molecule has 7 heteroatoms. The topological polar surface area (TPSA) is 64.7 Å². The normalized spacial score (nSPS) is 10.8. The summed E-state index contributed by atoms with van der Waals surface area (Å²) < 4.78 is 18.5. The highest BCUT2D eigenvalue weighted by atomic mass is 79.9. The van der Waals surface area contributed by atoms with Crippen LogP contribution in [0.4, 0.5) is 15.8 Å². The van der Waals surface area contributed by atoms with Gasteiger partial charge in [0, 0.05) is 16.8 Å². The summed E-state index contributed by atoms with van der Waals surface area (Å²) in [5.41, 5.74) is 0.603. The second-order valence-corrected chi connectivity index (χ2v) is 4.95. The van der Waals surface area contributed by atoms with E-state index >= 15 is 0 Å². The minimum atomic E-state index is -0.530. The van der Waals surface area contributed by atoms with Crippen molar-refractivity contribution in [2.75, 3.05) is 7.11 Å². The van der Waals surface area contributed by atoms with Crippen LogP contribution in [0.3, 0.4) is 0 Å². The minimum absolute atomic E-state index is 0.134. The molecule has 0 radical (unpaired) electrons. The molecule has 21 heavy (non-hydrogen) atoms. The number of ether oxygens (including phenoxy) is 1. The first-order valence-electron chi connectivity index (χ1n) is 5.83. The van der Waals surface area contributed by atoms with Gasteiger partial charge in [0.15, 0.2) is 5.75 Å². The van der Waals surface area contributed by atoms with E-state index in [0.29, 0.717) is 10.2 Å². The Labute approximate surface area is 128 Å². The molecule has 5 nitrogen and oxygen atoms in total. The molecule has 0 N–H and O–H groups in total. The zero-order valence-corrected chi connectivity index (χ0v) is 12.5. The van der Waals surface area contributed by atoms with Crippen molar-refractivity contribution in [2.45, 2.75) is 0 Å². The first-order valence-corrected chi connectivity index (χ1v) is 6.62. The van der Waals surface area contributed by atoms with Crippen molar-refractivity contribution >= 4 is 33.5 Å². The maximum atomic E-state index is 12.8. The van der Waals surface area contributed by atoms with Gasteiger partial charge >= 0.3 is 5.69 Å². The Morgan fingerprint density at radius 3 is 2.57 bits per heavy atom. The Morgan fingerprint density at radius 1 is 1.33 bits per heavy atom. The van der Waals surface area contributed by atoms with Gasteiger partial charge in [-0.25, -0.2) is 4.39 Å². The molecular weight excluding hydrogens is 343 g/mol. The monoisotopic (exact) mass is 352 g/mol. The van der Waals surface area contributed by atoms with Crippen molar-refractivity contribution in [3.63, 3.8) is 0 Å². The minimum Gasteiger partial charge on any atom is -0.490 e. The van der Waals surface area contributed by atoms with Gasteiger partial charge in [0.05, 0.1) is 23.3 Å². The molecule has 2 aromatic rings. The van der Waals surface area contributed by atoms with Crippen LogP contribution in [0.25, 0.3) is 0 Å². The highest BCUT2D eigenvalue weighted by Crippen LogP contribution is 2.33. The third kappa shape index (κ3) is 3.63. The highest BCUT2D eigenvalue weighted by molar-refractivity contribution is 9.10. The summed E-state index contributed by atoms with van der Waals surface area (Å²) in [7, 11) is 1.36. The Hall–Kier alpha value is -2.28. The number of aliphatic imine (C=N–C) groups is 1. The van der Waals surface area contributed by atoms with Crippen molar-refractivity contribution in [2.24, 2.45) is 4.99 Å². The van der Waals surface area contributed by atoms with Crippen molar-refractivity contribution in [3.05, 3.63) is 62.4 Å². The molecule has 0 saturated heterocycles. The van der Waals surface area contributed by atoms with Gasteiger partial charge in [-0.1, -0.05) is 15.9 Å². The predicted octanol–water partition coefficient (Wildman–Crippen LogP) is 4.26. The van der Waals surface area contributed by atoms with Gasteiger partial charge in [-0.2, -0.15) is 0 Å². The summed E-state index contributed by atoms with van der Waals surface area (Å²) in [5, 5.41) is 11.2. The first kappa shape index (κ1) is 15.1. The van der Waals surface area contributed by atoms with E-state index in [1.54, 1.807) is 6.07 Å². The number of nitrogens with zero attached hydrogens (tertiary/aromatic N) is 2. The lowest BCUT2D eigenvalue weighted by Gasteiger charge is -2.05. The van der Waals surface area contributed by atoms with E-state index in [2.05, 4.69) is 20.9 Å². The molecule has 0 bridgehead atoms. The van der Waals surface area contributed by atoms with E-state index < -0.39 is 4.92 Å². The fourth-order valence-corrected chi connectivity index (χ4v) is 2.17. The summed E-state index contributed by atoms with van der Waals surface area (Å²) in [6, 6.07) is 8.56. The van der Waals surface area contributed by atoms with E-state index in [4.69, 9.17) is 4.74 Å². The third-order valence-corrected chi connectivity index (χ3v) is 3.11. The quantitative estimate of drug-likeness (QED) is 0.469. The van der Waals surface area contributed by atoms with Gasteiger partial charge < -0.3 is 4.74 Å². The molecule has 0 amide bonds. The van der Waals surface area contributed by atoms with Gasteiger partial charge in [0.25, 0.3) is 0 Å². The smallest absolute Gasteiger partial charge is 0.319 e. The summed E-state index contributed by atoms with van der Waals surface area (Å²) in [6.45, 7) is 0. The Balaban J connectivity index is 2.45. The molecule has 0 aliphatic carbocycles. The largest absolute Gasteiger partial charge is 0.490 e. The molecule has 2 rings (SSSR count).